The number of carbonyl (C=O) groups excluding carboxylic acids is 3. The second kappa shape index (κ2) is 7.27. The van der Waals surface area contributed by atoms with E-state index in [1.807, 2.05) is 30.3 Å². The summed E-state index contributed by atoms with van der Waals surface area (Å²) in [6, 6.07) is 13.9. The Morgan fingerprint density at radius 1 is 1.00 bits per heavy atom. The summed E-state index contributed by atoms with van der Waals surface area (Å²) in [5.74, 6) is -0.369. The Morgan fingerprint density at radius 3 is 2.60 bits per heavy atom. The zero-order valence-corrected chi connectivity index (χ0v) is 16.9. The average Bonchev–Trinajstić information content (AvgIpc) is 3.21. The number of amides is 4. The minimum Gasteiger partial charge on any atom is -0.326 e. The first kappa shape index (κ1) is 18.9. The first-order chi connectivity index (χ1) is 14.6. The van der Waals surface area contributed by atoms with Gasteiger partial charge in [0.1, 0.15) is 5.54 Å². The van der Waals surface area contributed by atoms with Crippen LogP contribution in [0.2, 0.25) is 0 Å². The molecule has 1 aliphatic heterocycles. The number of benzene rings is 2. The van der Waals surface area contributed by atoms with Crippen LogP contribution in [0.25, 0.3) is 11.1 Å². The molecular formula is C24H25N3O3. The van der Waals surface area contributed by atoms with Crippen molar-refractivity contribution in [3.8, 4) is 11.1 Å². The van der Waals surface area contributed by atoms with E-state index in [2.05, 4.69) is 22.8 Å². The van der Waals surface area contributed by atoms with Gasteiger partial charge in [0.15, 0.2) is 0 Å². The topological polar surface area (TPSA) is 78.5 Å². The minimum atomic E-state index is -0.735. The molecular weight excluding hydrogens is 378 g/mol. The highest BCUT2D eigenvalue weighted by Gasteiger charge is 2.51. The van der Waals surface area contributed by atoms with E-state index >= 15 is 0 Å². The first-order valence-corrected chi connectivity index (χ1v) is 10.7. The van der Waals surface area contributed by atoms with Crippen molar-refractivity contribution < 1.29 is 14.4 Å². The Labute approximate surface area is 175 Å². The molecule has 2 aliphatic carbocycles. The molecule has 5 rings (SSSR count). The van der Waals surface area contributed by atoms with E-state index in [9.17, 15) is 14.4 Å². The summed E-state index contributed by atoms with van der Waals surface area (Å²) < 4.78 is 0. The molecule has 1 saturated heterocycles. The third kappa shape index (κ3) is 3.16. The Bertz CT molecular complexity index is 1040. The molecule has 3 aliphatic rings. The van der Waals surface area contributed by atoms with Gasteiger partial charge in [0.25, 0.3) is 5.91 Å². The summed E-state index contributed by atoms with van der Waals surface area (Å²) in [4.78, 5) is 38.8. The van der Waals surface area contributed by atoms with Gasteiger partial charge in [-0.25, -0.2) is 4.79 Å². The highest BCUT2D eigenvalue weighted by atomic mass is 16.2. The number of urea groups is 1. The highest BCUT2D eigenvalue weighted by molar-refractivity contribution is 6.07. The van der Waals surface area contributed by atoms with Gasteiger partial charge in [0, 0.05) is 18.7 Å². The van der Waals surface area contributed by atoms with Crippen LogP contribution < -0.4 is 10.6 Å². The van der Waals surface area contributed by atoms with Crippen LogP contribution in [0.4, 0.5) is 10.5 Å². The fraction of sp³-hybridized carbons (Fsp3) is 0.375. The SMILES string of the molecule is O=C(CCN1C(=O)NC2(CCCCC2)C1=O)Nc1ccc2c(c1)Cc1ccccc1-2. The molecule has 1 heterocycles. The number of nitrogens with one attached hydrogen (secondary N) is 2. The molecule has 2 aromatic carbocycles. The van der Waals surface area contributed by atoms with Gasteiger partial charge >= 0.3 is 6.03 Å². The van der Waals surface area contributed by atoms with Crippen molar-refractivity contribution in [3.05, 3.63) is 53.6 Å². The Kier molecular flexibility index (Phi) is 4.57. The average molecular weight is 403 g/mol. The third-order valence-electron chi connectivity index (χ3n) is 6.59. The highest BCUT2D eigenvalue weighted by Crippen LogP contribution is 2.37. The molecule has 6 nitrogen and oxygen atoms in total. The van der Waals surface area contributed by atoms with Gasteiger partial charge in [0.05, 0.1) is 0 Å². The first-order valence-electron chi connectivity index (χ1n) is 10.7. The van der Waals surface area contributed by atoms with Gasteiger partial charge in [-0.1, -0.05) is 49.6 Å². The standard InChI is InChI=1S/C24H25N3O3/c28-21(10-13-27-22(29)24(26-23(27)30)11-4-1-5-12-24)25-18-8-9-20-17(15-18)14-16-6-2-3-7-19(16)20/h2-3,6-9,15H,1,4-5,10-14H2,(H,25,28)(H,26,30). The second-order valence-corrected chi connectivity index (χ2v) is 8.53. The van der Waals surface area contributed by atoms with Crippen molar-refractivity contribution >= 4 is 23.5 Å². The van der Waals surface area contributed by atoms with Crippen molar-refractivity contribution in [2.45, 2.75) is 50.5 Å². The smallest absolute Gasteiger partial charge is 0.325 e. The van der Waals surface area contributed by atoms with Crippen LogP contribution in [0.1, 0.15) is 49.7 Å². The second-order valence-electron chi connectivity index (χ2n) is 8.53. The van der Waals surface area contributed by atoms with E-state index in [4.69, 9.17) is 0 Å². The zero-order chi connectivity index (χ0) is 20.7. The number of fused-ring (bicyclic) bond motifs is 3. The van der Waals surface area contributed by atoms with E-state index in [0.717, 1.165) is 31.4 Å². The fourth-order valence-electron chi connectivity index (χ4n) is 5.03. The van der Waals surface area contributed by atoms with Crippen molar-refractivity contribution in [1.29, 1.82) is 0 Å². The van der Waals surface area contributed by atoms with Crippen LogP contribution >= 0.6 is 0 Å². The Hall–Kier alpha value is -3.15. The van der Waals surface area contributed by atoms with Gasteiger partial charge < -0.3 is 10.6 Å². The molecule has 0 atom stereocenters. The number of hydrogen-bond donors (Lipinski definition) is 2. The molecule has 2 N–H and O–H groups in total. The number of rotatable bonds is 4. The quantitative estimate of drug-likeness (QED) is 0.650. The molecule has 4 amide bonds. The van der Waals surface area contributed by atoms with Gasteiger partial charge in [-0.2, -0.15) is 0 Å². The molecule has 6 heteroatoms. The molecule has 2 fully saturated rings. The van der Waals surface area contributed by atoms with E-state index in [0.29, 0.717) is 12.8 Å². The maximum absolute atomic E-state index is 12.8. The predicted octanol–water partition coefficient (Wildman–Crippen LogP) is 3.84. The van der Waals surface area contributed by atoms with E-state index < -0.39 is 5.54 Å². The summed E-state index contributed by atoms with van der Waals surface area (Å²) in [5.41, 5.74) is 4.96. The minimum absolute atomic E-state index is 0.0898. The van der Waals surface area contributed by atoms with E-state index in [1.165, 1.54) is 27.2 Å². The van der Waals surface area contributed by atoms with Crippen molar-refractivity contribution in [2.75, 3.05) is 11.9 Å². The lowest BCUT2D eigenvalue weighted by molar-refractivity contribution is -0.132. The van der Waals surface area contributed by atoms with Crippen LogP contribution in [0.3, 0.4) is 0 Å². The molecule has 154 valence electrons. The summed E-state index contributed by atoms with van der Waals surface area (Å²) >= 11 is 0. The Morgan fingerprint density at radius 2 is 1.77 bits per heavy atom. The normalized spacial score (nSPS) is 18.9. The molecule has 1 saturated carbocycles. The van der Waals surface area contributed by atoms with Crippen molar-refractivity contribution in [3.63, 3.8) is 0 Å². The number of nitrogens with zero attached hydrogens (tertiary/aromatic N) is 1. The summed E-state index contributed by atoms with van der Waals surface area (Å²) in [6.45, 7) is 0.106. The monoisotopic (exact) mass is 403 g/mol. The lowest BCUT2D eigenvalue weighted by atomic mass is 9.82. The van der Waals surface area contributed by atoms with Crippen LogP contribution in [0.5, 0.6) is 0 Å². The van der Waals surface area contributed by atoms with E-state index in [1.54, 1.807) is 0 Å². The maximum Gasteiger partial charge on any atom is 0.325 e. The predicted molar refractivity (Wildman–Crippen MR) is 114 cm³/mol. The lowest BCUT2D eigenvalue weighted by Gasteiger charge is -2.30. The van der Waals surface area contributed by atoms with Crippen molar-refractivity contribution in [1.82, 2.24) is 10.2 Å². The van der Waals surface area contributed by atoms with Crippen LogP contribution in [0.15, 0.2) is 42.5 Å². The largest absolute Gasteiger partial charge is 0.326 e. The van der Waals surface area contributed by atoms with Crippen LogP contribution in [-0.4, -0.2) is 34.8 Å². The number of imide groups is 1. The van der Waals surface area contributed by atoms with Crippen LogP contribution in [0, 0.1) is 0 Å². The summed E-state index contributed by atoms with van der Waals surface area (Å²) in [5, 5.41) is 5.80. The lowest BCUT2D eigenvalue weighted by Crippen LogP contribution is -2.48. The summed E-state index contributed by atoms with van der Waals surface area (Å²) in [7, 11) is 0. The zero-order valence-electron chi connectivity index (χ0n) is 16.9. The van der Waals surface area contributed by atoms with Gasteiger partial charge in [-0.15, -0.1) is 0 Å². The van der Waals surface area contributed by atoms with Gasteiger partial charge in [-0.3, -0.25) is 14.5 Å². The molecule has 1 spiro atoms. The number of hydrogen-bond acceptors (Lipinski definition) is 3. The molecule has 0 aromatic heterocycles. The molecule has 30 heavy (non-hydrogen) atoms. The maximum atomic E-state index is 12.8. The molecule has 2 aromatic rings. The van der Waals surface area contributed by atoms with Crippen molar-refractivity contribution in [2.24, 2.45) is 0 Å². The van der Waals surface area contributed by atoms with Gasteiger partial charge in [-0.05, 0) is 53.6 Å². The molecule has 0 unspecified atom stereocenters. The summed E-state index contributed by atoms with van der Waals surface area (Å²) in [6.07, 6.45) is 5.33. The van der Waals surface area contributed by atoms with Gasteiger partial charge in [0.2, 0.25) is 5.91 Å². The third-order valence-corrected chi connectivity index (χ3v) is 6.59. The fourth-order valence-corrected chi connectivity index (χ4v) is 5.03. The van der Waals surface area contributed by atoms with Crippen LogP contribution in [-0.2, 0) is 16.0 Å². The molecule has 0 bridgehead atoms. The van der Waals surface area contributed by atoms with E-state index in [-0.39, 0.29) is 30.8 Å². The number of carbonyl (C=O) groups is 3. The Balaban J connectivity index is 1.21. The number of anilines is 1. The molecule has 0 radical (unpaired) electrons.